The van der Waals surface area contributed by atoms with E-state index in [2.05, 4.69) is 20.5 Å². The second kappa shape index (κ2) is 15.1. The molecule has 1 saturated heterocycles. The van der Waals surface area contributed by atoms with Crippen LogP contribution in [0.15, 0.2) is 67.0 Å². The molecule has 3 fully saturated rings. The molecule has 2 saturated carbocycles. The summed E-state index contributed by atoms with van der Waals surface area (Å²) < 4.78 is 42.5. The van der Waals surface area contributed by atoms with E-state index in [-0.39, 0.29) is 30.4 Å². The van der Waals surface area contributed by atoms with Crippen LogP contribution in [0.3, 0.4) is 0 Å². The second-order valence-corrected chi connectivity index (χ2v) is 14.7. The number of carboxylic acids is 1. The van der Waals surface area contributed by atoms with Gasteiger partial charge in [0.25, 0.3) is 0 Å². The minimum atomic E-state index is -5.36. The molecule has 7 rings (SSSR count). The molecule has 6 N–H and O–H groups in total. The number of carboxylic acid groups (broad SMARTS) is 1. The van der Waals surface area contributed by atoms with E-state index in [0.717, 1.165) is 43.6 Å². The maximum atomic E-state index is 13.7. The van der Waals surface area contributed by atoms with Crippen molar-refractivity contribution in [2.24, 2.45) is 5.41 Å². The lowest BCUT2D eigenvalue weighted by Crippen LogP contribution is -2.71. The van der Waals surface area contributed by atoms with Gasteiger partial charge in [0.2, 0.25) is 5.95 Å². The molecule has 13 nitrogen and oxygen atoms in total. The maximum Gasteiger partial charge on any atom is 0.471 e. The summed E-state index contributed by atoms with van der Waals surface area (Å²) in [7, 11) is 0. The molecule has 288 valence electrons. The molecule has 4 atom stereocenters. The summed E-state index contributed by atoms with van der Waals surface area (Å²) in [6.45, 7) is 3.66. The number of likely N-dealkylation sites (tertiary alicyclic amines) is 1. The number of aromatic nitrogens is 4. The van der Waals surface area contributed by atoms with Crippen LogP contribution in [0.2, 0.25) is 0 Å². The van der Waals surface area contributed by atoms with Gasteiger partial charge in [0.1, 0.15) is 12.2 Å². The summed E-state index contributed by atoms with van der Waals surface area (Å²) >= 11 is 0. The Morgan fingerprint density at radius 3 is 2.13 bits per heavy atom. The molecule has 3 aliphatic rings. The molecule has 0 unspecified atom stereocenters. The van der Waals surface area contributed by atoms with Crippen LogP contribution < -0.4 is 16.0 Å². The van der Waals surface area contributed by atoms with Gasteiger partial charge in [0.15, 0.2) is 17.0 Å². The molecule has 16 heteroatoms. The normalized spacial score (nSPS) is 24.3. The first-order chi connectivity index (χ1) is 25.9. The number of rotatable bonds is 13. The molecule has 1 amide bonds. The predicted octanol–water partition coefficient (Wildman–Crippen LogP) is 4.31. The average Bonchev–Trinajstić information content (AvgIpc) is 3.67. The number of anilines is 2. The van der Waals surface area contributed by atoms with Gasteiger partial charge in [0, 0.05) is 25.6 Å². The number of piperidine rings is 1. The number of aliphatic hydroxyl groups excluding tert-OH is 2. The van der Waals surface area contributed by atoms with Crippen molar-refractivity contribution in [3.8, 4) is 0 Å². The number of alkyl halides is 3. The number of benzene rings is 2. The molecule has 2 aliphatic carbocycles. The fourth-order valence-corrected chi connectivity index (χ4v) is 8.58. The highest BCUT2D eigenvalue weighted by Gasteiger charge is 2.70. The minimum absolute atomic E-state index is 0.0886. The highest BCUT2D eigenvalue weighted by molar-refractivity contribution is 5.86. The van der Waals surface area contributed by atoms with Gasteiger partial charge < -0.3 is 40.7 Å². The van der Waals surface area contributed by atoms with Crippen molar-refractivity contribution in [3.05, 3.63) is 78.1 Å². The van der Waals surface area contributed by atoms with Gasteiger partial charge in [-0.2, -0.15) is 23.1 Å². The molecule has 0 radical (unpaired) electrons. The number of aliphatic hydroxyl groups is 2. The van der Waals surface area contributed by atoms with Gasteiger partial charge in [0.05, 0.1) is 23.3 Å². The first kappa shape index (κ1) is 37.5. The molecular formula is C38H45F3N8O5. The van der Waals surface area contributed by atoms with Crippen molar-refractivity contribution in [2.75, 3.05) is 43.4 Å². The van der Waals surface area contributed by atoms with Crippen molar-refractivity contribution < 1.29 is 38.1 Å². The number of fused-ring (bicyclic) bond motifs is 1. The number of imidazole rings is 1. The van der Waals surface area contributed by atoms with Gasteiger partial charge in [-0.25, -0.2) is 4.98 Å². The number of hydrogen-bond acceptors (Lipinski definition) is 10. The van der Waals surface area contributed by atoms with Gasteiger partial charge >= 0.3 is 18.1 Å². The Morgan fingerprint density at radius 2 is 1.56 bits per heavy atom. The quantitative estimate of drug-likeness (QED) is 0.115. The molecule has 54 heavy (non-hydrogen) atoms. The van der Waals surface area contributed by atoms with Crippen LogP contribution in [0, 0.1) is 5.41 Å². The fraction of sp³-hybridized carbons (Fsp3) is 0.500. The fourth-order valence-electron chi connectivity index (χ4n) is 8.58. The molecule has 2 aromatic carbocycles. The molecule has 2 aromatic heterocycles. The molecule has 3 heterocycles. The number of hydrogen-bond donors (Lipinski definition) is 6. The summed E-state index contributed by atoms with van der Waals surface area (Å²) in [4.78, 5) is 41.7. The Morgan fingerprint density at radius 1 is 0.907 bits per heavy atom. The predicted molar refractivity (Wildman–Crippen MR) is 194 cm³/mol. The van der Waals surface area contributed by atoms with Gasteiger partial charge in [-0.1, -0.05) is 73.5 Å². The lowest BCUT2D eigenvalue weighted by atomic mass is 9.55. The van der Waals surface area contributed by atoms with Crippen LogP contribution in [0.25, 0.3) is 11.2 Å². The number of nitrogens with one attached hydrogen (secondary N) is 3. The highest BCUT2D eigenvalue weighted by atomic mass is 19.4. The zero-order valence-electron chi connectivity index (χ0n) is 29.7. The number of carbonyl (C=O) groups is 2. The Labute approximate surface area is 310 Å². The van der Waals surface area contributed by atoms with E-state index in [1.54, 1.807) is 0 Å². The van der Waals surface area contributed by atoms with Crippen molar-refractivity contribution in [2.45, 2.75) is 80.8 Å². The smallest absolute Gasteiger partial charge is 0.471 e. The Kier molecular flexibility index (Phi) is 10.5. The Balaban J connectivity index is 1.26. The maximum absolute atomic E-state index is 13.7. The highest BCUT2D eigenvalue weighted by Crippen LogP contribution is 2.58. The SMILES string of the molecule is O=C(N[C@]1(C2(C(=O)O)CCC2)C[C@@H](n2cnc3c(NCC(c4ccccc4)c4ccccc4)nc(NCCN4CCCCC4)nc32)[C@H](O)[C@@H]1O)C(F)(F)F. The lowest BCUT2D eigenvalue weighted by Gasteiger charge is -2.53. The van der Waals surface area contributed by atoms with Gasteiger partial charge in [-0.05, 0) is 56.3 Å². The summed E-state index contributed by atoms with van der Waals surface area (Å²) in [6.07, 6.45) is -4.73. The van der Waals surface area contributed by atoms with E-state index < -0.39 is 53.7 Å². The van der Waals surface area contributed by atoms with E-state index in [4.69, 9.17) is 9.97 Å². The van der Waals surface area contributed by atoms with Crippen molar-refractivity contribution >= 4 is 34.8 Å². The minimum Gasteiger partial charge on any atom is -0.481 e. The molecule has 0 bridgehead atoms. The van der Waals surface area contributed by atoms with Crippen LogP contribution in [0.4, 0.5) is 24.9 Å². The first-order valence-corrected chi connectivity index (χ1v) is 18.5. The summed E-state index contributed by atoms with van der Waals surface area (Å²) in [5.41, 5.74) is -1.65. The van der Waals surface area contributed by atoms with Crippen LogP contribution >= 0.6 is 0 Å². The third-order valence-corrected chi connectivity index (χ3v) is 11.6. The first-order valence-electron chi connectivity index (χ1n) is 18.5. The van der Waals surface area contributed by atoms with E-state index in [1.165, 1.54) is 17.3 Å². The number of amides is 1. The van der Waals surface area contributed by atoms with Crippen molar-refractivity contribution in [1.29, 1.82) is 0 Å². The number of carbonyl (C=O) groups excluding carboxylic acids is 1. The van der Waals surface area contributed by atoms with Crippen LogP contribution in [-0.4, -0.2) is 108 Å². The average molecular weight is 751 g/mol. The zero-order valence-corrected chi connectivity index (χ0v) is 29.7. The largest absolute Gasteiger partial charge is 0.481 e. The van der Waals surface area contributed by atoms with E-state index in [0.29, 0.717) is 30.8 Å². The lowest BCUT2D eigenvalue weighted by molar-refractivity contribution is -0.188. The van der Waals surface area contributed by atoms with Crippen molar-refractivity contribution in [3.63, 3.8) is 0 Å². The second-order valence-electron chi connectivity index (χ2n) is 14.7. The third kappa shape index (κ3) is 6.97. The zero-order chi connectivity index (χ0) is 38.1. The van der Waals surface area contributed by atoms with Gasteiger partial charge in [-0.3, -0.25) is 9.59 Å². The number of aliphatic carboxylic acids is 1. The summed E-state index contributed by atoms with van der Waals surface area (Å²) in [6, 6.07) is 18.7. The molecule has 1 aliphatic heterocycles. The Bertz CT molecular complexity index is 1900. The standard InChI is InChI=1S/C38H45F3N8O5/c39-38(40,41)33(52)47-37(36(34(53)54)15-10-16-36)21-27(29(50)30(37)51)49-23-44-28-31(45-35(46-32(28)49)42-17-20-48-18-8-3-9-19-48)43-22-26(24-11-4-1-5-12-24)25-13-6-2-7-14-25/h1-2,4-7,11-14,23,26-27,29-30,50-51H,3,8-10,15-22H2,(H,47,52)(H,53,54)(H2,42,43,45,46)/t27-,29+,30+,37-/m1/s1. The molecular weight excluding hydrogens is 705 g/mol. The van der Waals surface area contributed by atoms with Crippen molar-refractivity contribution in [1.82, 2.24) is 29.7 Å². The molecule has 0 spiro atoms. The van der Waals surface area contributed by atoms with E-state index in [9.17, 15) is 38.1 Å². The summed E-state index contributed by atoms with van der Waals surface area (Å²) in [5, 5.41) is 42.1. The van der Waals surface area contributed by atoms with Crippen LogP contribution in [0.1, 0.15) is 68.0 Å². The molecule has 4 aromatic rings. The third-order valence-electron chi connectivity index (χ3n) is 11.6. The van der Waals surface area contributed by atoms with Crippen LogP contribution in [-0.2, 0) is 9.59 Å². The number of halogens is 3. The van der Waals surface area contributed by atoms with E-state index in [1.807, 2.05) is 66.0 Å². The van der Waals surface area contributed by atoms with Gasteiger partial charge in [-0.15, -0.1) is 0 Å². The topological polar surface area (TPSA) is 178 Å². The Hall–Kier alpha value is -4.80. The van der Waals surface area contributed by atoms with E-state index >= 15 is 0 Å². The number of nitrogens with zero attached hydrogens (tertiary/aromatic N) is 5. The van der Waals surface area contributed by atoms with Crippen LogP contribution in [0.5, 0.6) is 0 Å². The summed E-state index contributed by atoms with van der Waals surface area (Å²) in [5.74, 6) is -3.33. The monoisotopic (exact) mass is 750 g/mol.